The Hall–Kier alpha value is -0.800. The lowest BCUT2D eigenvalue weighted by atomic mass is 9.90. The van der Waals surface area contributed by atoms with E-state index in [9.17, 15) is 0 Å². The molecule has 3 rings (SSSR count). The molecule has 1 atom stereocenters. The van der Waals surface area contributed by atoms with Crippen LogP contribution in [0.1, 0.15) is 43.6 Å². The number of furan rings is 1. The van der Waals surface area contributed by atoms with Gasteiger partial charge >= 0.3 is 0 Å². The van der Waals surface area contributed by atoms with Gasteiger partial charge in [0.15, 0.2) is 0 Å². The fraction of sp³-hybridized carbons (Fsp3) is 0.714. The van der Waals surface area contributed by atoms with Crippen LogP contribution in [-0.4, -0.2) is 30.6 Å². The normalized spacial score (nSPS) is 24.7. The molecule has 1 aliphatic heterocycles. The first kappa shape index (κ1) is 11.3. The van der Waals surface area contributed by atoms with Gasteiger partial charge in [0.05, 0.1) is 6.26 Å². The van der Waals surface area contributed by atoms with Crippen molar-refractivity contribution in [1.29, 1.82) is 0 Å². The number of aryl methyl sites for hydroxylation is 1. The van der Waals surface area contributed by atoms with Crippen LogP contribution in [0.15, 0.2) is 16.7 Å². The summed E-state index contributed by atoms with van der Waals surface area (Å²) in [5, 5.41) is 3.39. The molecule has 1 unspecified atom stereocenters. The van der Waals surface area contributed by atoms with Crippen molar-refractivity contribution >= 4 is 0 Å². The third-order valence-electron chi connectivity index (χ3n) is 4.13. The van der Waals surface area contributed by atoms with E-state index in [-0.39, 0.29) is 0 Å². The number of hydrogen-bond acceptors (Lipinski definition) is 3. The predicted octanol–water partition coefficient (Wildman–Crippen LogP) is 2.34. The van der Waals surface area contributed by atoms with Crippen LogP contribution in [0.3, 0.4) is 0 Å². The Morgan fingerprint density at radius 1 is 1.47 bits per heavy atom. The molecule has 1 aromatic rings. The van der Waals surface area contributed by atoms with Crippen molar-refractivity contribution < 1.29 is 4.42 Å². The van der Waals surface area contributed by atoms with Crippen LogP contribution < -0.4 is 5.32 Å². The summed E-state index contributed by atoms with van der Waals surface area (Å²) < 4.78 is 5.60. The summed E-state index contributed by atoms with van der Waals surface area (Å²) >= 11 is 0. The van der Waals surface area contributed by atoms with Gasteiger partial charge in [0.25, 0.3) is 0 Å². The maximum Gasteiger partial charge on any atom is 0.108 e. The summed E-state index contributed by atoms with van der Waals surface area (Å²) in [5.74, 6) is 1.23. The van der Waals surface area contributed by atoms with Gasteiger partial charge in [-0.1, -0.05) is 6.92 Å². The zero-order chi connectivity index (χ0) is 11.7. The molecule has 94 valence electrons. The molecule has 0 aromatic carbocycles. The SMILES string of the molecule is CCCN(C1CNC1)C1CCCc2occc21. The number of rotatable bonds is 4. The summed E-state index contributed by atoms with van der Waals surface area (Å²) in [4.78, 5) is 2.70. The number of fused-ring (bicyclic) bond motifs is 1. The van der Waals surface area contributed by atoms with Gasteiger partial charge in [0, 0.05) is 37.2 Å². The highest BCUT2D eigenvalue weighted by Gasteiger charge is 2.33. The molecule has 3 heteroatoms. The van der Waals surface area contributed by atoms with Gasteiger partial charge < -0.3 is 9.73 Å². The van der Waals surface area contributed by atoms with Gasteiger partial charge in [-0.3, -0.25) is 4.90 Å². The standard InChI is InChI=1S/C14H22N2O/c1-2-7-16(11-9-15-10-11)13-4-3-5-14-12(13)6-8-17-14/h6,8,11,13,15H,2-5,7,9-10H2,1H3. The number of nitrogens with one attached hydrogen (secondary N) is 1. The fourth-order valence-corrected chi connectivity index (χ4v) is 3.17. The Morgan fingerprint density at radius 3 is 3.06 bits per heavy atom. The lowest BCUT2D eigenvalue weighted by Gasteiger charge is -2.44. The molecular weight excluding hydrogens is 212 g/mol. The van der Waals surface area contributed by atoms with E-state index in [2.05, 4.69) is 23.2 Å². The monoisotopic (exact) mass is 234 g/mol. The van der Waals surface area contributed by atoms with E-state index in [0.29, 0.717) is 6.04 Å². The summed E-state index contributed by atoms with van der Waals surface area (Å²) in [7, 11) is 0. The van der Waals surface area contributed by atoms with Gasteiger partial charge in [0.1, 0.15) is 5.76 Å². The molecule has 0 amide bonds. The van der Waals surface area contributed by atoms with Crippen LogP contribution in [-0.2, 0) is 6.42 Å². The third-order valence-corrected chi connectivity index (χ3v) is 4.13. The highest BCUT2D eigenvalue weighted by atomic mass is 16.3. The van der Waals surface area contributed by atoms with E-state index in [4.69, 9.17) is 4.42 Å². The topological polar surface area (TPSA) is 28.4 Å². The molecule has 17 heavy (non-hydrogen) atoms. The Balaban J connectivity index is 1.82. The first-order chi connectivity index (χ1) is 8.40. The van der Waals surface area contributed by atoms with Crippen molar-refractivity contribution in [1.82, 2.24) is 10.2 Å². The number of hydrogen-bond donors (Lipinski definition) is 1. The van der Waals surface area contributed by atoms with E-state index < -0.39 is 0 Å². The van der Waals surface area contributed by atoms with Crippen LogP contribution in [0.2, 0.25) is 0 Å². The van der Waals surface area contributed by atoms with Crippen molar-refractivity contribution in [2.24, 2.45) is 0 Å². The fourth-order valence-electron chi connectivity index (χ4n) is 3.17. The zero-order valence-electron chi connectivity index (χ0n) is 10.6. The molecule has 3 nitrogen and oxygen atoms in total. The highest BCUT2D eigenvalue weighted by molar-refractivity contribution is 5.24. The molecule has 0 saturated carbocycles. The molecule has 1 N–H and O–H groups in total. The van der Waals surface area contributed by atoms with Crippen LogP contribution in [0.5, 0.6) is 0 Å². The minimum absolute atomic E-state index is 0.601. The first-order valence-electron chi connectivity index (χ1n) is 6.93. The van der Waals surface area contributed by atoms with Crippen molar-refractivity contribution in [2.75, 3.05) is 19.6 Å². The zero-order valence-corrected chi connectivity index (χ0v) is 10.6. The maximum absolute atomic E-state index is 5.60. The van der Waals surface area contributed by atoms with Gasteiger partial charge in [-0.05, 0) is 31.9 Å². The molecule has 0 bridgehead atoms. The third kappa shape index (κ3) is 2.02. The molecule has 1 aliphatic carbocycles. The molecule has 0 radical (unpaired) electrons. The van der Waals surface area contributed by atoms with Crippen LogP contribution in [0, 0.1) is 0 Å². The second kappa shape index (κ2) is 4.83. The predicted molar refractivity (Wildman–Crippen MR) is 68.0 cm³/mol. The molecule has 1 aromatic heterocycles. The van der Waals surface area contributed by atoms with E-state index in [1.807, 2.05) is 6.26 Å². The average molecular weight is 234 g/mol. The Bertz CT molecular complexity index is 370. The average Bonchev–Trinajstić information content (AvgIpc) is 2.73. The van der Waals surface area contributed by atoms with Crippen LogP contribution in [0.25, 0.3) is 0 Å². The molecule has 1 saturated heterocycles. The van der Waals surface area contributed by atoms with Crippen molar-refractivity contribution in [2.45, 2.75) is 44.7 Å². The Kier molecular flexibility index (Phi) is 3.21. The second-order valence-corrected chi connectivity index (χ2v) is 5.26. The summed E-state index contributed by atoms with van der Waals surface area (Å²) in [6, 6.07) is 3.53. The molecular formula is C14H22N2O. The van der Waals surface area contributed by atoms with Gasteiger partial charge in [-0.25, -0.2) is 0 Å². The largest absolute Gasteiger partial charge is 0.469 e. The minimum atomic E-state index is 0.601. The quantitative estimate of drug-likeness (QED) is 0.867. The van der Waals surface area contributed by atoms with Gasteiger partial charge in [-0.15, -0.1) is 0 Å². The van der Waals surface area contributed by atoms with E-state index in [1.165, 1.54) is 37.1 Å². The van der Waals surface area contributed by atoms with E-state index in [0.717, 1.165) is 25.6 Å². The maximum atomic E-state index is 5.60. The van der Waals surface area contributed by atoms with Crippen LogP contribution >= 0.6 is 0 Å². The first-order valence-corrected chi connectivity index (χ1v) is 6.93. The Labute approximate surface area is 103 Å². The number of nitrogens with zero attached hydrogens (tertiary/aromatic N) is 1. The summed E-state index contributed by atoms with van der Waals surface area (Å²) in [5.41, 5.74) is 1.46. The molecule has 0 spiro atoms. The van der Waals surface area contributed by atoms with Crippen molar-refractivity contribution in [3.05, 3.63) is 23.7 Å². The van der Waals surface area contributed by atoms with Crippen molar-refractivity contribution in [3.8, 4) is 0 Å². The van der Waals surface area contributed by atoms with Crippen LogP contribution in [0.4, 0.5) is 0 Å². The van der Waals surface area contributed by atoms with Gasteiger partial charge in [0.2, 0.25) is 0 Å². The lowest BCUT2D eigenvalue weighted by molar-refractivity contribution is 0.0829. The van der Waals surface area contributed by atoms with E-state index >= 15 is 0 Å². The Morgan fingerprint density at radius 2 is 2.35 bits per heavy atom. The summed E-state index contributed by atoms with van der Waals surface area (Å²) in [6.45, 7) is 5.80. The van der Waals surface area contributed by atoms with E-state index in [1.54, 1.807) is 0 Å². The lowest BCUT2D eigenvalue weighted by Crippen LogP contribution is -2.58. The van der Waals surface area contributed by atoms with Crippen molar-refractivity contribution in [3.63, 3.8) is 0 Å². The summed E-state index contributed by atoms with van der Waals surface area (Å²) in [6.07, 6.45) is 6.79. The van der Waals surface area contributed by atoms with Gasteiger partial charge in [-0.2, -0.15) is 0 Å². The molecule has 2 heterocycles. The minimum Gasteiger partial charge on any atom is -0.469 e. The smallest absolute Gasteiger partial charge is 0.108 e. The second-order valence-electron chi connectivity index (χ2n) is 5.26. The molecule has 2 aliphatic rings. The highest BCUT2D eigenvalue weighted by Crippen LogP contribution is 2.36. The molecule has 1 fully saturated rings.